The van der Waals surface area contributed by atoms with E-state index in [1.807, 2.05) is 18.2 Å². The SMILES string of the molecule is COC(=O)c1cc(Nc2cccc(OC)c2)c2cccc(F)c2n1. The summed E-state index contributed by atoms with van der Waals surface area (Å²) in [5, 5.41) is 3.73. The van der Waals surface area contributed by atoms with Crippen molar-refractivity contribution < 1.29 is 18.7 Å². The first kappa shape index (κ1) is 15.7. The van der Waals surface area contributed by atoms with Gasteiger partial charge in [-0.2, -0.15) is 0 Å². The number of aromatic nitrogens is 1. The van der Waals surface area contributed by atoms with E-state index in [0.29, 0.717) is 16.8 Å². The number of methoxy groups -OCH3 is 2. The molecule has 0 unspecified atom stereocenters. The van der Waals surface area contributed by atoms with Gasteiger partial charge in [0, 0.05) is 17.1 Å². The van der Waals surface area contributed by atoms with Crippen molar-refractivity contribution in [2.45, 2.75) is 0 Å². The molecule has 6 heteroatoms. The molecule has 0 aliphatic carbocycles. The lowest BCUT2D eigenvalue weighted by Crippen LogP contribution is -2.06. The molecule has 0 saturated heterocycles. The number of benzene rings is 2. The molecule has 0 saturated carbocycles. The Morgan fingerprint density at radius 3 is 2.67 bits per heavy atom. The number of ether oxygens (including phenoxy) is 2. The van der Waals surface area contributed by atoms with Crippen LogP contribution in [0.5, 0.6) is 5.75 Å². The number of halogens is 1. The predicted molar refractivity (Wildman–Crippen MR) is 89.3 cm³/mol. The number of carbonyl (C=O) groups is 1. The lowest BCUT2D eigenvalue weighted by atomic mass is 10.1. The first-order chi connectivity index (χ1) is 11.6. The molecule has 2 aromatic carbocycles. The Morgan fingerprint density at radius 2 is 1.92 bits per heavy atom. The minimum absolute atomic E-state index is 0.0282. The van der Waals surface area contributed by atoms with Crippen LogP contribution in [-0.4, -0.2) is 25.2 Å². The van der Waals surface area contributed by atoms with Gasteiger partial charge in [0.2, 0.25) is 0 Å². The maximum absolute atomic E-state index is 14.1. The van der Waals surface area contributed by atoms with Crippen LogP contribution in [0.15, 0.2) is 48.5 Å². The second-order valence-corrected chi connectivity index (χ2v) is 5.04. The number of para-hydroxylation sites is 1. The molecule has 0 bridgehead atoms. The zero-order chi connectivity index (χ0) is 17.1. The molecule has 0 aliphatic rings. The van der Waals surface area contributed by atoms with Gasteiger partial charge in [0.1, 0.15) is 17.1 Å². The monoisotopic (exact) mass is 326 g/mol. The highest BCUT2D eigenvalue weighted by molar-refractivity contribution is 5.99. The van der Waals surface area contributed by atoms with Crippen LogP contribution in [0.4, 0.5) is 15.8 Å². The van der Waals surface area contributed by atoms with Crippen LogP contribution in [0.2, 0.25) is 0 Å². The summed E-state index contributed by atoms with van der Waals surface area (Å²) in [5.74, 6) is -0.460. The number of nitrogens with zero attached hydrogens (tertiary/aromatic N) is 1. The molecule has 1 aromatic heterocycles. The van der Waals surface area contributed by atoms with E-state index in [1.165, 1.54) is 19.2 Å². The van der Waals surface area contributed by atoms with Crippen LogP contribution in [0.25, 0.3) is 10.9 Å². The maximum atomic E-state index is 14.1. The second kappa shape index (κ2) is 6.54. The first-order valence-electron chi connectivity index (χ1n) is 7.21. The topological polar surface area (TPSA) is 60.5 Å². The molecule has 0 aliphatic heterocycles. The van der Waals surface area contributed by atoms with Crippen LogP contribution in [0.1, 0.15) is 10.5 Å². The van der Waals surface area contributed by atoms with E-state index < -0.39 is 11.8 Å². The fourth-order valence-electron chi connectivity index (χ4n) is 2.38. The minimum Gasteiger partial charge on any atom is -0.497 e. The molecule has 3 aromatic rings. The lowest BCUT2D eigenvalue weighted by molar-refractivity contribution is 0.0594. The van der Waals surface area contributed by atoms with Crippen LogP contribution in [-0.2, 0) is 4.74 Å². The molecule has 24 heavy (non-hydrogen) atoms. The van der Waals surface area contributed by atoms with E-state index in [2.05, 4.69) is 10.3 Å². The molecule has 0 amide bonds. The van der Waals surface area contributed by atoms with Gasteiger partial charge < -0.3 is 14.8 Å². The Hall–Kier alpha value is -3.15. The Balaban J connectivity index is 2.14. The standard InChI is InChI=1S/C18H15FN2O3/c1-23-12-6-3-5-11(9-12)20-15-10-16(18(22)24-2)21-17-13(15)7-4-8-14(17)19/h3-10H,1-2H3,(H,20,21). The summed E-state index contributed by atoms with van der Waals surface area (Å²) >= 11 is 0. The number of fused-ring (bicyclic) bond motifs is 1. The third-order valence-corrected chi connectivity index (χ3v) is 3.53. The number of esters is 1. The van der Waals surface area contributed by atoms with Crippen LogP contribution >= 0.6 is 0 Å². The maximum Gasteiger partial charge on any atom is 0.356 e. The molecule has 0 fully saturated rings. The first-order valence-corrected chi connectivity index (χ1v) is 7.21. The van der Waals surface area contributed by atoms with Crippen LogP contribution < -0.4 is 10.1 Å². The summed E-state index contributed by atoms with van der Waals surface area (Å²) in [6.07, 6.45) is 0. The van der Waals surface area contributed by atoms with E-state index in [-0.39, 0.29) is 11.2 Å². The summed E-state index contributed by atoms with van der Waals surface area (Å²) < 4.78 is 24.0. The van der Waals surface area contributed by atoms with E-state index in [0.717, 1.165) is 5.69 Å². The third kappa shape index (κ3) is 2.99. The van der Waals surface area contributed by atoms with Gasteiger partial charge in [0.25, 0.3) is 0 Å². The van der Waals surface area contributed by atoms with E-state index in [9.17, 15) is 9.18 Å². The molecule has 0 spiro atoms. The highest BCUT2D eigenvalue weighted by Gasteiger charge is 2.15. The highest BCUT2D eigenvalue weighted by atomic mass is 19.1. The molecule has 0 radical (unpaired) electrons. The predicted octanol–water partition coefficient (Wildman–Crippen LogP) is 3.91. The number of nitrogens with one attached hydrogen (secondary N) is 1. The zero-order valence-electron chi connectivity index (χ0n) is 13.2. The van der Waals surface area contributed by atoms with Gasteiger partial charge in [-0.1, -0.05) is 18.2 Å². The second-order valence-electron chi connectivity index (χ2n) is 5.04. The van der Waals surface area contributed by atoms with E-state index in [4.69, 9.17) is 9.47 Å². The summed E-state index contributed by atoms with van der Waals surface area (Å²) in [7, 11) is 2.83. The molecular formula is C18H15FN2O3. The summed E-state index contributed by atoms with van der Waals surface area (Å²) in [6, 6.07) is 13.4. The summed E-state index contributed by atoms with van der Waals surface area (Å²) in [4.78, 5) is 15.9. The third-order valence-electron chi connectivity index (χ3n) is 3.53. The van der Waals surface area contributed by atoms with Gasteiger partial charge >= 0.3 is 5.97 Å². The quantitative estimate of drug-likeness (QED) is 0.737. The van der Waals surface area contributed by atoms with Crippen molar-refractivity contribution in [3.63, 3.8) is 0 Å². The smallest absolute Gasteiger partial charge is 0.356 e. The largest absolute Gasteiger partial charge is 0.497 e. The van der Waals surface area contributed by atoms with Gasteiger partial charge in [-0.05, 0) is 24.3 Å². The number of pyridine rings is 1. The van der Waals surface area contributed by atoms with Crippen molar-refractivity contribution in [2.24, 2.45) is 0 Å². The van der Waals surface area contributed by atoms with Gasteiger partial charge in [-0.15, -0.1) is 0 Å². The Morgan fingerprint density at radius 1 is 1.12 bits per heavy atom. The summed E-state index contributed by atoms with van der Waals surface area (Å²) in [5.41, 5.74) is 1.42. The molecule has 122 valence electrons. The number of hydrogen-bond acceptors (Lipinski definition) is 5. The van der Waals surface area contributed by atoms with E-state index in [1.54, 1.807) is 25.3 Å². The lowest BCUT2D eigenvalue weighted by Gasteiger charge is -2.12. The molecule has 0 atom stereocenters. The molecule has 3 rings (SSSR count). The van der Waals surface area contributed by atoms with Gasteiger partial charge in [-0.25, -0.2) is 14.2 Å². The zero-order valence-corrected chi connectivity index (χ0v) is 13.2. The Kier molecular flexibility index (Phi) is 4.29. The average Bonchev–Trinajstić information content (AvgIpc) is 2.61. The van der Waals surface area contributed by atoms with E-state index >= 15 is 0 Å². The number of carbonyl (C=O) groups excluding carboxylic acids is 1. The van der Waals surface area contributed by atoms with Crippen molar-refractivity contribution in [2.75, 3.05) is 19.5 Å². The molecule has 1 heterocycles. The molecular weight excluding hydrogens is 311 g/mol. The van der Waals surface area contributed by atoms with Crippen molar-refractivity contribution in [1.82, 2.24) is 4.98 Å². The molecule has 5 nitrogen and oxygen atoms in total. The number of hydrogen-bond donors (Lipinski definition) is 1. The average molecular weight is 326 g/mol. The van der Waals surface area contributed by atoms with Crippen molar-refractivity contribution in [3.8, 4) is 5.75 Å². The van der Waals surface area contributed by atoms with Gasteiger partial charge in [-0.3, -0.25) is 0 Å². The van der Waals surface area contributed by atoms with Crippen LogP contribution in [0, 0.1) is 5.82 Å². The highest BCUT2D eigenvalue weighted by Crippen LogP contribution is 2.29. The van der Waals surface area contributed by atoms with Crippen molar-refractivity contribution in [1.29, 1.82) is 0 Å². The molecule has 1 N–H and O–H groups in total. The Bertz CT molecular complexity index is 912. The fraction of sp³-hybridized carbons (Fsp3) is 0.111. The number of anilines is 2. The normalized spacial score (nSPS) is 10.5. The summed E-state index contributed by atoms with van der Waals surface area (Å²) in [6.45, 7) is 0. The van der Waals surface area contributed by atoms with Crippen molar-refractivity contribution in [3.05, 3.63) is 60.0 Å². The van der Waals surface area contributed by atoms with Gasteiger partial charge in [0.05, 0.1) is 19.9 Å². The number of rotatable bonds is 4. The fourth-order valence-corrected chi connectivity index (χ4v) is 2.38. The van der Waals surface area contributed by atoms with Gasteiger partial charge in [0.15, 0.2) is 5.69 Å². The van der Waals surface area contributed by atoms with Crippen LogP contribution in [0.3, 0.4) is 0 Å². The Labute approximate surface area is 138 Å². The minimum atomic E-state index is -0.631. The van der Waals surface area contributed by atoms with Crippen molar-refractivity contribution >= 4 is 28.2 Å².